The molecule has 0 aromatic heterocycles. The summed E-state index contributed by atoms with van der Waals surface area (Å²) in [4.78, 5) is 0. The molecule has 0 radical (unpaired) electrons. The van der Waals surface area contributed by atoms with Crippen LogP contribution >= 0.6 is 20.2 Å². The van der Waals surface area contributed by atoms with Gasteiger partial charge in [-0.2, -0.15) is 0 Å². The fourth-order valence-electron chi connectivity index (χ4n) is 1.95. The van der Waals surface area contributed by atoms with Crippen molar-refractivity contribution < 1.29 is 24.1 Å². The monoisotopic (exact) mass is 428 g/mol. The molecule has 0 fully saturated rings. The zero-order chi connectivity index (χ0) is 15.3. The topological polar surface area (TPSA) is 43.4 Å². The average molecular weight is 428 g/mol. The minimum atomic E-state index is -5.60. The zero-order valence-corrected chi connectivity index (χ0v) is 13.2. The van der Waals surface area contributed by atoms with E-state index in [0.717, 1.165) is 11.1 Å². The third-order valence-corrected chi connectivity index (χ3v) is 10.2. The summed E-state index contributed by atoms with van der Waals surface area (Å²) in [5, 5.41) is 0. The first kappa shape index (κ1) is 14.8. The Morgan fingerprint density at radius 2 is 1.29 bits per heavy atom. The van der Waals surface area contributed by atoms with Crippen LogP contribution in [0.1, 0.15) is 0 Å². The second-order valence-electron chi connectivity index (χ2n) is 4.17. The summed E-state index contributed by atoms with van der Waals surface area (Å²) in [6.45, 7) is 0. The predicted octanol–water partition coefficient (Wildman–Crippen LogP) is 3.99. The van der Waals surface area contributed by atoms with Crippen molar-refractivity contribution in [3.05, 3.63) is 55.7 Å². The molecule has 21 heavy (non-hydrogen) atoms. The number of alkyl halides is 3. The number of hydrogen-bond donors (Lipinski definition) is 0. The van der Waals surface area contributed by atoms with Gasteiger partial charge in [0.1, 0.15) is 0 Å². The summed E-state index contributed by atoms with van der Waals surface area (Å²) in [7, 11) is -5.60. The molecule has 2 aromatic rings. The van der Waals surface area contributed by atoms with E-state index < -0.39 is 35.9 Å². The van der Waals surface area contributed by atoms with Gasteiger partial charge in [-0.05, 0) is 0 Å². The van der Waals surface area contributed by atoms with E-state index in [0.29, 0.717) is 7.14 Å². The van der Waals surface area contributed by atoms with Gasteiger partial charge in [0.2, 0.25) is 0 Å². The van der Waals surface area contributed by atoms with Crippen LogP contribution < -0.4 is 0 Å². The average Bonchev–Trinajstić information content (AvgIpc) is 2.73. The molecule has 1 heterocycles. The normalized spacial score (nSPS) is 15.7. The fraction of sp³-hybridized carbons (Fsp3) is 0.0769. The first-order valence-corrected chi connectivity index (χ1v) is 10.2. The number of halogens is 4. The first-order chi connectivity index (χ1) is 9.81. The van der Waals surface area contributed by atoms with Crippen LogP contribution in [0, 0.1) is 7.14 Å². The van der Waals surface area contributed by atoms with E-state index in [1.807, 2.05) is 0 Å². The van der Waals surface area contributed by atoms with Gasteiger partial charge in [0.25, 0.3) is 0 Å². The molecule has 0 saturated heterocycles. The Morgan fingerprint density at radius 1 is 0.857 bits per heavy atom. The van der Waals surface area contributed by atoms with Gasteiger partial charge < -0.3 is 0 Å². The van der Waals surface area contributed by atoms with Crippen LogP contribution in [0.3, 0.4) is 0 Å². The number of rotatable bonds is 2. The molecule has 2 aromatic carbocycles. The van der Waals surface area contributed by atoms with Crippen molar-refractivity contribution in [1.82, 2.24) is 0 Å². The molecule has 0 saturated carbocycles. The molecule has 0 unspecified atom stereocenters. The molecule has 0 atom stereocenters. The van der Waals surface area contributed by atoms with Gasteiger partial charge in [-0.3, -0.25) is 0 Å². The summed E-state index contributed by atoms with van der Waals surface area (Å²) in [5.74, 6) is 0. The van der Waals surface area contributed by atoms with Crippen molar-refractivity contribution in [2.75, 3.05) is 0 Å². The van der Waals surface area contributed by atoms with Gasteiger partial charge in [0.15, 0.2) is 0 Å². The Labute approximate surface area is 126 Å². The molecule has 0 amide bonds. The quantitative estimate of drug-likeness (QED) is 0.537. The standard InChI is InChI=1S/C13H8F3IO3S/c14-13(15,16)21(18,19)20-17-11-7-3-1-5-9(11)10-6-2-4-8-12(10)17/h1-8H. The Balaban J connectivity index is 2.12. The summed E-state index contributed by atoms with van der Waals surface area (Å²) in [6, 6.07) is 13.6. The predicted molar refractivity (Wildman–Crippen MR) is 79.4 cm³/mol. The van der Waals surface area contributed by atoms with Crippen molar-refractivity contribution in [1.29, 1.82) is 0 Å². The Bertz CT molecular complexity index is 757. The van der Waals surface area contributed by atoms with Crippen molar-refractivity contribution in [3.63, 3.8) is 0 Å². The third-order valence-electron chi connectivity index (χ3n) is 2.84. The van der Waals surface area contributed by atoms with Crippen molar-refractivity contribution >= 4 is 30.4 Å². The first-order valence-electron chi connectivity index (χ1n) is 5.71. The third kappa shape index (κ3) is 2.44. The Morgan fingerprint density at radius 3 is 1.71 bits per heavy atom. The maximum absolute atomic E-state index is 12.6. The van der Waals surface area contributed by atoms with E-state index in [2.05, 4.69) is 2.51 Å². The molecule has 0 N–H and O–H groups in total. The summed E-state index contributed by atoms with van der Waals surface area (Å²) in [6.07, 6.45) is 0. The molecule has 112 valence electrons. The van der Waals surface area contributed by atoms with Crippen molar-refractivity contribution in [2.24, 2.45) is 0 Å². The summed E-state index contributed by atoms with van der Waals surface area (Å²) in [5.41, 5.74) is -3.91. The van der Waals surface area contributed by atoms with Crippen LogP contribution in [0.15, 0.2) is 48.5 Å². The van der Waals surface area contributed by atoms with E-state index in [-0.39, 0.29) is 0 Å². The van der Waals surface area contributed by atoms with Crippen LogP contribution in [0.2, 0.25) is 0 Å². The maximum atomic E-state index is 12.6. The molecule has 0 bridgehead atoms. The van der Waals surface area contributed by atoms with Gasteiger partial charge in [-0.1, -0.05) is 0 Å². The second-order valence-corrected chi connectivity index (χ2v) is 10.5. The van der Waals surface area contributed by atoms with E-state index in [1.165, 1.54) is 0 Å². The zero-order valence-electron chi connectivity index (χ0n) is 10.3. The van der Waals surface area contributed by atoms with Gasteiger partial charge in [0, 0.05) is 0 Å². The molecule has 0 aliphatic carbocycles. The van der Waals surface area contributed by atoms with Crippen LogP contribution in [-0.4, -0.2) is 13.9 Å². The number of benzene rings is 2. The molecule has 1 aliphatic rings. The Kier molecular flexibility index (Phi) is 3.49. The molecular weight excluding hydrogens is 420 g/mol. The van der Waals surface area contributed by atoms with Crippen molar-refractivity contribution in [3.8, 4) is 11.1 Å². The summed E-state index contributed by atoms with van der Waals surface area (Å²) < 4.78 is 66.0. The van der Waals surface area contributed by atoms with Gasteiger partial charge in [-0.15, -0.1) is 0 Å². The minimum absolute atomic E-state index is 0.565. The molecule has 1 aliphatic heterocycles. The molecule has 3 nitrogen and oxygen atoms in total. The Hall–Kier alpha value is -1.13. The van der Waals surface area contributed by atoms with Crippen LogP contribution in [0.4, 0.5) is 13.2 Å². The molecule has 3 rings (SSSR count). The SMILES string of the molecule is O=S(=O)(OI1c2ccccc2-c2ccccc21)C(F)(F)F. The van der Waals surface area contributed by atoms with E-state index >= 15 is 0 Å². The van der Waals surface area contributed by atoms with Gasteiger partial charge in [-0.25, -0.2) is 0 Å². The van der Waals surface area contributed by atoms with Crippen LogP contribution in [-0.2, 0) is 12.6 Å². The van der Waals surface area contributed by atoms with Crippen molar-refractivity contribution in [2.45, 2.75) is 5.51 Å². The van der Waals surface area contributed by atoms with E-state index in [1.54, 1.807) is 48.5 Å². The van der Waals surface area contributed by atoms with Gasteiger partial charge >= 0.3 is 127 Å². The molecule has 0 spiro atoms. The number of hydrogen-bond acceptors (Lipinski definition) is 3. The molecule has 8 heteroatoms. The summed E-state index contributed by atoms with van der Waals surface area (Å²) >= 11 is -3.12. The van der Waals surface area contributed by atoms with Crippen LogP contribution in [0.25, 0.3) is 11.1 Å². The molecular formula is C13H8F3IO3S. The van der Waals surface area contributed by atoms with E-state index in [9.17, 15) is 21.6 Å². The van der Waals surface area contributed by atoms with Crippen LogP contribution in [0.5, 0.6) is 0 Å². The van der Waals surface area contributed by atoms with E-state index in [4.69, 9.17) is 0 Å². The second kappa shape index (κ2) is 4.96. The fourth-order valence-corrected chi connectivity index (χ4v) is 9.21. The number of fused-ring (bicyclic) bond motifs is 3. The van der Waals surface area contributed by atoms with Gasteiger partial charge in [0.05, 0.1) is 0 Å².